The van der Waals surface area contributed by atoms with Crippen LogP contribution in [-0.4, -0.2) is 12.4 Å². The number of hydrogen-bond acceptors (Lipinski definition) is 1. The summed E-state index contributed by atoms with van der Waals surface area (Å²) in [4.78, 5) is 4.49. The summed E-state index contributed by atoms with van der Waals surface area (Å²) in [6, 6.07) is 0. The molecule has 0 saturated heterocycles. The van der Waals surface area contributed by atoms with Gasteiger partial charge >= 0.3 is 0 Å². The van der Waals surface area contributed by atoms with Gasteiger partial charge in [-0.1, -0.05) is 43.0 Å². The summed E-state index contributed by atoms with van der Waals surface area (Å²) in [5, 5.41) is 0. The SMILES string of the molecule is CC.CC1=CC=C(CN=C(N)C2=C=C=CC(C)=C2C)CC1. The molecule has 0 heterocycles. The Hall–Kier alpha value is -2.01. The topological polar surface area (TPSA) is 38.4 Å². The molecule has 0 fully saturated rings. The predicted molar refractivity (Wildman–Crippen MR) is 92.4 cm³/mol. The highest BCUT2D eigenvalue weighted by atomic mass is 14.9. The van der Waals surface area contributed by atoms with E-state index in [4.69, 9.17) is 5.73 Å². The van der Waals surface area contributed by atoms with E-state index < -0.39 is 0 Å². The van der Waals surface area contributed by atoms with Crippen molar-refractivity contribution in [2.45, 2.75) is 47.5 Å². The Morgan fingerprint density at radius 2 is 1.90 bits per heavy atom. The Labute approximate surface area is 128 Å². The van der Waals surface area contributed by atoms with E-state index in [1.165, 1.54) is 16.7 Å². The summed E-state index contributed by atoms with van der Waals surface area (Å²) < 4.78 is 0. The van der Waals surface area contributed by atoms with Gasteiger partial charge in [-0.15, -0.1) is 0 Å². The van der Waals surface area contributed by atoms with Crippen LogP contribution in [0.4, 0.5) is 0 Å². The molecule has 2 aliphatic rings. The van der Waals surface area contributed by atoms with E-state index in [0.717, 1.165) is 24.0 Å². The van der Waals surface area contributed by atoms with Crippen molar-refractivity contribution in [2.24, 2.45) is 10.7 Å². The van der Waals surface area contributed by atoms with E-state index in [1.54, 1.807) is 0 Å². The highest BCUT2D eigenvalue weighted by molar-refractivity contribution is 6.01. The van der Waals surface area contributed by atoms with E-state index in [-0.39, 0.29) is 0 Å². The number of allylic oxidation sites excluding steroid dienone is 5. The lowest BCUT2D eigenvalue weighted by atomic mass is 9.98. The van der Waals surface area contributed by atoms with Gasteiger partial charge in [0.2, 0.25) is 0 Å². The molecule has 0 atom stereocenters. The van der Waals surface area contributed by atoms with Crippen LogP contribution in [0.5, 0.6) is 0 Å². The Bertz CT molecular complexity index is 612. The van der Waals surface area contributed by atoms with Gasteiger partial charge in [-0.2, -0.15) is 0 Å². The Morgan fingerprint density at radius 1 is 1.19 bits per heavy atom. The monoisotopic (exact) mass is 282 g/mol. The maximum absolute atomic E-state index is 6.07. The van der Waals surface area contributed by atoms with Crippen LogP contribution in [0, 0.1) is 0 Å². The zero-order valence-corrected chi connectivity index (χ0v) is 13.9. The highest BCUT2D eigenvalue weighted by Crippen LogP contribution is 2.19. The largest absolute Gasteiger partial charge is 0.383 e. The van der Waals surface area contributed by atoms with E-state index >= 15 is 0 Å². The Morgan fingerprint density at radius 3 is 2.52 bits per heavy atom. The van der Waals surface area contributed by atoms with Crippen LogP contribution in [0.25, 0.3) is 0 Å². The van der Waals surface area contributed by atoms with Crippen molar-refractivity contribution in [2.75, 3.05) is 6.54 Å². The third kappa shape index (κ3) is 4.79. The maximum atomic E-state index is 6.07. The molecule has 0 spiro atoms. The lowest BCUT2D eigenvalue weighted by Crippen LogP contribution is -2.17. The third-order valence-corrected chi connectivity index (χ3v) is 3.60. The number of nitrogens with zero attached hydrogens (tertiary/aromatic N) is 1. The van der Waals surface area contributed by atoms with E-state index in [2.05, 4.69) is 35.5 Å². The zero-order chi connectivity index (χ0) is 15.8. The molecular formula is C19H26N2. The van der Waals surface area contributed by atoms with Gasteiger partial charge in [0.15, 0.2) is 0 Å². The van der Waals surface area contributed by atoms with Crippen LogP contribution in [0.2, 0.25) is 0 Å². The Kier molecular flexibility index (Phi) is 6.75. The van der Waals surface area contributed by atoms with E-state index in [0.29, 0.717) is 12.4 Å². The molecule has 21 heavy (non-hydrogen) atoms. The second-order valence-electron chi connectivity index (χ2n) is 5.14. The molecule has 0 aromatic rings. The molecule has 0 unspecified atom stereocenters. The molecule has 2 N–H and O–H groups in total. The molecule has 0 aromatic heterocycles. The molecule has 0 aliphatic heterocycles. The number of amidine groups is 1. The molecule has 2 aliphatic carbocycles. The summed E-state index contributed by atoms with van der Waals surface area (Å²) in [5.41, 5.74) is 18.1. The number of hydrogen-bond donors (Lipinski definition) is 1. The minimum absolute atomic E-state index is 0.560. The van der Waals surface area contributed by atoms with Crippen molar-refractivity contribution in [3.05, 3.63) is 57.6 Å². The van der Waals surface area contributed by atoms with E-state index in [9.17, 15) is 0 Å². The fraction of sp³-hybridized carbons (Fsp3) is 0.421. The third-order valence-electron chi connectivity index (χ3n) is 3.60. The van der Waals surface area contributed by atoms with Crippen molar-refractivity contribution in [3.63, 3.8) is 0 Å². The standard InChI is InChI=1S/C17H20N2.C2H6/c1-12-7-9-15(10-8-12)11-19-17(18)16-6-4-5-13(2)14(16)3;1-2/h5,7,9H,8,10-11H2,1-3H3,(H2,18,19);1-2H3. The molecule has 0 saturated carbocycles. The van der Waals surface area contributed by atoms with Crippen molar-refractivity contribution in [1.29, 1.82) is 0 Å². The second-order valence-corrected chi connectivity index (χ2v) is 5.14. The first kappa shape index (κ1) is 17.0. The van der Waals surface area contributed by atoms with Crippen molar-refractivity contribution >= 4 is 5.84 Å². The number of rotatable bonds is 3. The summed E-state index contributed by atoms with van der Waals surface area (Å²) in [6.45, 7) is 10.9. The van der Waals surface area contributed by atoms with E-state index in [1.807, 2.05) is 33.8 Å². The first-order valence-corrected chi connectivity index (χ1v) is 7.63. The van der Waals surface area contributed by atoms with Gasteiger partial charge in [0, 0.05) is 0 Å². The summed E-state index contributed by atoms with van der Waals surface area (Å²) in [6.07, 6.45) is 8.46. The van der Waals surface area contributed by atoms with Crippen molar-refractivity contribution in [1.82, 2.24) is 0 Å². The lowest BCUT2D eigenvalue weighted by molar-refractivity contribution is 0.873. The van der Waals surface area contributed by atoms with Gasteiger partial charge in [0.05, 0.1) is 12.1 Å². The molecule has 2 rings (SSSR count). The van der Waals surface area contributed by atoms with Crippen LogP contribution in [0.15, 0.2) is 62.5 Å². The summed E-state index contributed by atoms with van der Waals surface area (Å²) in [7, 11) is 0. The Balaban J connectivity index is 0.00000106. The molecule has 0 bridgehead atoms. The first-order chi connectivity index (χ1) is 10.1. The van der Waals surface area contributed by atoms with Gasteiger partial charge in [-0.05, 0) is 56.4 Å². The summed E-state index contributed by atoms with van der Waals surface area (Å²) in [5.74, 6) is 0.560. The quantitative estimate of drug-likeness (QED) is 0.458. The van der Waals surface area contributed by atoms with Gasteiger partial charge in [-0.3, -0.25) is 4.99 Å². The van der Waals surface area contributed by atoms with Crippen LogP contribution >= 0.6 is 0 Å². The van der Waals surface area contributed by atoms with Crippen LogP contribution in [-0.2, 0) is 0 Å². The van der Waals surface area contributed by atoms with Gasteiger partial charge in [0.25, 0.3) is 0 Å². The number of aliphatic imine (C=N–C) groups is 1. The molecule has 0 amide bonds. The van der Waals surface area contributed by atoms with Crippen molar-refractivity contribution in [3.8, 4) is 0 Å². The molecule has 0 radical (unpaired) electrons. The fourth-order valence-electron chi connectivity index (χ4n) is 2.05. The molecule has 112 valence electrons. The minimum Gasteiger partial charge on any atom is -0.383 e. The predicted octanol–water partition coefficient (Wildman–Crippen LogP) is 4.62. The lowest BCUT2D eigenvalue weighted by Gasteiger charge is -2.12. The average Bonchev–Trinajstić information content (AvgIpc) is 2.51. The fourth-order valence-corrected chi connectivity index (χ4v) is 2.05. The zero-order valence-electron chi connectivity index (χ0n) is 13.9. The average molecular weight is 282 g/mol. The maximum Gasteiger partial charge on any atom is 0.134 e. The molecule has 0 aromatic carbocycles. The van der Waals surface area contributed by atoms with Gasteiger partial charge < -0.3 is 5.73 Å². The number of nitrogens with two attached hydrogens (primary N) is 1. The summed E-state index contributed by atoms with van der Waals surface area (Å²) >= 11 is 0. The van der Waals surface area contributed by atoms with Crippen LogP contribution in [0.1, 0.15) is 47.5 Å². The normalized spacial score (nSPS) is 17.8. The van der Waals surface area contributed by atoms with Crippen LogP contribution < -0.4 is 5.73 Å². The van der Waals surface area contributed by atoms with Gasteiger partial charge in [0.1, 0.15) is 5.84 Å². The first-order valence-electron chi connectivity index (χ1n) is 7.63. The van der Waals surface area contributed by atoms with Crippen LogP contribution in [0.3, 0.4) is 0 Å². The molecular weight excluding hydrogens is 256 g/mol. The van der Waals surface area contributed by atoms with Crippen molar-refractivity contribution < 1.29 is 0 Å². The molecule has 2 nitrogen and oxygen atoms in total. The smallest absolute Gasteiger partial charge is 0.134 e. The minimum atomic E-state index is 0.560. The highest BCUT2D eigenvalue weighted by Gasteiger charge is 2.09. The van der Waals surface area contributed by atoms with Gasteiger partial charge in [-0.25, -0.2) is 0 Å². The second kappa shape index (κ2) is 8.32. The molecule has 2 heteroatoms.